The monoisotopic (exact) mass is 538 g/mol. The maximum absolute atomic E-state index is 15.1. The van der Waals surface area contributed by atoms with Crippen molar-refractivity contribution in [2.45, 2.75) is 0 Å². The molecule has 2 aliphatic heterocycles. The van der Waals surface area contributed by atoms with Crippen LogP contribution in [0.25, 0.3) is 0 Å². The summed E-state index contributed by atoms with van der Waals surface area (Å²) in [6.07, 6.45) is 2.70. The molecule has 0 atom stereocenters. The lowest BCUT2D eigenvalue weighted by Gasteiger charge is -2.33. The second-order valence-electron chi connectivity index (χ2n) is 9.27. The quantitative estimate of drug-likeness (QED) is 0.544. The van der Waals surface area contributed by atoms with Gasteiger partial charge in [0, 0.05) is 51.9 Å². The maximum Gasteiger partial charge on any atom is 0.260 e. The van der Waals surface area contributed by atoms with Gasteiger partial charge in [0.1, 0.15) is 11.6 Å². The first-order valence-electron chi connectivity index (χ1n) is 12.0. The summed E-state index contributed by atoms with van der Waals surface area (Å²) in [5, 5.41) is 2.97. The summed E-state index contributed by atoms with van der Waals surface area (Å²) in [7, 11) is 0.220. The van der Waals surface area contributed by atoms with Crippen LogP contribution in [0.2, 0.25) is 0 Å². The van der Waals surface area contributed by atoms with Gasteiger partial charge in [-0.25, -0.2) is 17.8 Å². The molecule has 0 spiro atoms. The van der Waals surface area contributed by atoms with Crippen LogP contribution in [0.1, 0.15) is 20.7 Å². The van der Waals surface area contributed by atoms with Crippen LogP contribution in [0.3, 0.4) is 0 Å². The summed E-state index contributed by atoms with van der Waals surface area (Å²) in [4.78, 5) is 35.2. The van der Waals surface area contributed by atoms with Gasteiger partial charge >= 0.3 is 0 Å². The molecule has 0 bridgehead atoms. The molecule has 2 aromatic carbocycles. The topological polar surface area (TPSA) is 106 Å². The number of nitrogens with one attached hydrogen (secondary N) is 1. The van der Waals surface area contributed by atoms with Crippen LogP contribution in [0.5, 0.6) is 0 Å². The number of para-hydroxylation sites is 1. The number of nitrogens with zero attached hydrogens (tertiary/aromatic N) is 5. The molecule has 5 rings (SSSR count). The Bertz CT molecular complexity index is 1540. The van der Waals surface area contributed by atoms with E-state index in [0.29, 0.717) is 22.8 Å². The van der Waals surface area contributed by atoms with Crippen molar-refractivity contribution in [2.75, 3.05) is 61.6 Å². The molecule has 38 heavy (non-hydrogen) atoms. The molecular formula is C26H27FN6O4S. The smallest absolute Gasteiger partial charge is 0.260 e. The average Bonchev–Trinajstić information content (AvgIpc) is 2.98. The maximum atomic E-state index is 15.1. The van der Waals surface area contributed by atoms with Crippen molar-refractivity contribution in [3.63, 3.8) is 0 Å². The molecule has 2 amide bonds. The van der Waals surface area contributed by atoms with Crippen molar-refractivity contribution < 1.29 is 22.4 Å². The van der Waals surface area contributed by atoms with Gasteiger partial charge in [-0.1, -0.05) is 12.1 Å². The predicted molar refractivity (Wildman–Crippen MR) is 143 cm³/mol. The molecule has 12 heteroatoms. The number of piperazine rings is 1. The van der Waals surface area contributed by atoms with Gasteiger partial charge in [0.25, 0.3) is 11.8 Å². The Hall–Kier alpha value is -4.03. The van der Waals surface area contributed by atoms with E-state index < -0.39 is 15.8 Å². The van der Waals surface area contributed by atoms with E-state index in [1.807, 2.05) is 30.1 Å². The molecule has 1 N–H and O–H groups in total. The molecule has 3 aromatic rings. The Labute approximate surface area is 220 Å². The third kappa shape index (κ3) is 4.68. The second kappa shape index (κ2) is 9.69. The van der Waals surface area contributed by atoms with Crippen LogP contribution in [-0.2, 0) is 10.0 Å². The number of pyridine rings is 1. The zero-order valence-corrected chi connectivity index (χ0v) is 22.0. The minimum Gasteiger partial charge on any atom is -0.342 e. The summed E-state index contributed by atoms with van der Waals surface area (Å²) in [5.41, 5.74) is 2.93. The number of hydrogen-bond donors (Lipinski definition) is 1. The van der Waals surface area contributed by atoms with Crippen LogP contribution in [0, 0.1) is 5.82 Å². The Morgan fingerprint density at radius 1 is 0.947 bits per heavy atom. The van der Waals surface area contributed by atoms with Crippen LogP contribution in [-0.4, -0.2) is 81.0 Å². The van der Waals surface area contributed by atoms with Crippen LogP contribution in [0.4, 0.5) is 33.0 Å². The number of benzene rings is 2. The van der Waals surface area contributed by atoms with Crippen molar-refractivity contribution in [3.8, 4) is 0 Å². The van der Waals surface area contributed by atoms with Crippen molar-refractivity contribution >= 4 is 50.4 Å². The third-order valence-corrected chi connectivity index (χ3v) is 8.16. The lowest BCUT2D eigenvalue weighted by Crippen LogP contribution is -2.50. The fourth-order valence-electron chi connectivity index (χ4n) is 4.69. The van der Waals surface area contributed by atoms with Gasteiger partial charge in [-0.2, -0.15) is 4.31 Å². The van der Waals surface area contributed by atoms with Crippen molar-refractivity contribution in [2.24, 2.45) is 0 Å². The molecule has 0 unspecified atom stereocenters. The highest BCUT2D eigenvalue weighted by molar-refractivity contribution is 7.88. The largest absolute Gasteiger partial charge is 0.342 e. The lowest BCUT2D eigenvalue weighted by atomic mass is 10.1. The minimum atomic E-state index is -3.31. The van der Waals surface area contributed by atoms with Crippen molar-refractivity contribution in [1.29, 1.82) is 0 Å². The van der Waals surface area contributed by atoms with E-state index in [9.17, 15) is 18.0 Å². The molecular weight excluding hydrogens is 511 g/mol. The summed E-state index contributed by atoms with van der Waals surface area (Å²) in [6.45, 7) is 0.882. The van der Waals surface area contributed by atoms with E-state index in [1.165, 1.54) is 26.2 Å². The Balaban J connectivity index is 1.35. The third-order valence-electron chi connectivity index (χ3n) is 6.86. The van der Waals surface area contributed by atoms with E-state index in [2.05, 4.69) is 10.3 Å². The molecule has 2 aliphatic rings. The van der Waals surface area contributed by atoms with Crippen molar-refractivity contribution in [1.82, 2.24) is 14.2 Å². The molecule has 1 aromatic heterocycles. The SMILES string of the molecule is CN1C(=O)c2ccccc2N(C)c2cc(Nc3ccc(C(=O)N4CCN(S(C)(=O)=O)CC4)cc3F)ncc21. The van der Waals surface area contributed by atoms with Crippen molar-refractivity contribution in [3.05, 3.63) is 71.7 Å². The molecule has 0 aliphatic carbocycles. The number of anilines is 5. The van der Waals surface area contributed by atoms with E-state index in [-0.39, 0.29) is 49.2 Å². The summed E-state index contributed by atoms with van der Waals surface area (Å²) < 4.78 is 39.8. The van der Waals surface area contributed by atoms with Gasteiger partial charge in [0.2, 0.25) is 10.0 Å². The fourth-order valence-corrected chi connectivity index (χ4v) is 5.52. The van der Waals surface area contributed by atoms with Crippen LogP contribution < -0.4 is 15.1 Å². The number of rotatable bonds is 4. The lowest BCUT2D eigenvalue weighted by molar-refractivity contribution is 0.0697. The number of carbonyl (C=O) groups excluding carboxylic acids is 2. The Morgan fingerprint density at radius 2 is 1.66 bits per heavy atom. The zero-order chi connectivity index (χ0) is 27.2. The first-order chi connectivity index (χ1) is 18.0. The number of hydrogen-bond acceptors (Lipinski definition) is 7. The highest BCUT2D eigenvalue weighted by Gasteiger charge is 2.29. The number of fused-ring (bicyclic) bond motifs is 2. The first-order valence-corrected chi connectivity index (χ1v) is 13.8. The number of halogens is 1. The molecule has 10 nitrogen and oxygen atoms in total. The van der Waals surface area contributed by atoms with Gasteiger partial charge in [0.05, 0.1) is 40.8 Å². The number of amides is 2. The summed E-state index contributed by atoms with van der Waals surface area (Å²) in [6, 6.07) is 13.2. The Morgan fingerprint density at radius 3 is 2.34 bits per heavy atom. The number of carbonyl (C=O) groups is 2. The second-order valence-corrected chi connectivity index (χ2v) is 11.3. The molecule has 0 radical (unpaired) electrons. The Kier molecular flexibility index (Phi) is 6.53. The molecule has 198 valence electrons. The van der Waals surface area contributed by atoms with Gasteiger partial charge in [-0.15, -0.1) is 0 Å². The van der Waals surface area contributed by atoms with Crippen LogP contribution >= 0.6 is 0 Å². The van der Waals surface area contributed by atoms with Gasteiger partial charge < -0.3 is 20.0 Å². The van der Waals surface area contributed by atoms with E-state index in [1.54, 1.807) is 25.4 Å². The molecule has 3 heterocycles. The molecule has 1 fully saturated rings. The highest BCUT2D eigenvalue weighted by atomic mass is 32.2. The van der Waals surface area contributed by atoms with E-state index >= 15 is 4.39 Å². The molecule has 1 saturated heterocycles. The zero-order valence-electron chi connectivity index (χ0n) is 21.2. The normalized spacial score (nSPS) is 16.1. The highest BCUT2D eigenvalue weighted by Crippen LogP contribution is 2.40. The molecule has 0 saturated carbocycles. The summed E-state index contributed by atoms with van der Waals surface area (Å²) >= 11 is 0. The van der Waals surface area contributed by atoms with Gasteiger partial charge in [0.15, 0.2) is 0 Å². The number of aromatic nitrogens is 1. The summed E-state index contributed by atoms with van der Waals surface area (Å²) in [5.74, 6) is -0.781. The van der Waals surface area contributed by atoms with E-state index in [4.69, 9.17) is 0 Å². The van der Waals surface area contributed by atoms with E-state index in [0.717, 1.165) is 18.0 Å². The predicted octanol–water partition coefficient (Wildman–Crippen LogP) is 3.04. The first kappa shape index (κ1) is 25.6. The minimum absolute atomic E-state index is 0.136. The van der Waals surface area contributed by atoms with Gasteiger partial charge in [-0.3, -0.25) is 9.59 Å². The van der Waals surface area contributed by atoms with Gasteiger partial charge in [-0.05, 0) is 30.3 Å². The van der Waals surface area contributed by atoms with Crippen LogP contribution in [0.15, 0.2) is 54.7 Å². The number of sulfonamides is 1. The fraction of sp³-hybridized carbons (Fsp3) is 0.269. The average molecular weight is 539 g/mol. The standard InChI is InChI=1S/C26H27FN6O4S/c1-30-21-7-5-4-6-18(21)26(35)31(2)23-16-28-24(15-22(23)30)29-20-9-8-17(14-19(20)27)25(34)32-10-12-33(13-11-32)38(3,36)37/h4-9,14-16H,10-13H2,1-3H3,(H,28,29).